The number of halogens is 2. The van der Waals surface area contributed by atoms with Crippen molar-refractivity contribution in [2.24, 2.45) is 0 Å². The van der Waals surface area contributed by atoms with Gasteiger partial charge in [0.2, 0.25) is 0 Å². The lowest BCUT2D eigenvalue weighted by Crippen LogP contribution is -2.10. The summed E-state index contributed by atoms with van der Waals surface area (Å²) in [6.45, 7) is 1.59. The molecule has 0 atom stereocenters. The van der Waals surface area contributed by atoms with Gasteiger partial charge in [-0.3, -0.25) is 4.79 Å². The summed E-state index contributed by atoms with van der Waals surface area (Å²) < 4.78 is 25.1. The SMILES string of the molecule is CCS(=O)(=O)c1ccc(NC(=O)c2cc(Br)c(Br)s2)cc1. The zero-order valence-corrected chi connectivity index (χ0v) is 15.7. The Balaban J connectivity index is 2.15. The molecular formula is C13H11Br2NO3S2. The van der Waals surface area contributed by atoms with Crippen LogP contribution in [0.2, 0.25) is 0 Å². The molecule has 2 aromatic rings. The third-order valence-electron chi connectivity index (χ3n) is 2.72. The second kappa shape index (κ2) is 6.60. The molecule has 0 aliphatic heterocycles. The van der Waals surface area contributed by atoms with Crippen LogP contribution >= 0.6 is 43.2 Å². The van der Waals surface area contributed by atoms with E-state index in [-0.39, 0.29) is 16.6 Å². The Morgan fingerprint density at radius 3 is 2.33 bits per heavy atom. The number of sulfone groups is 1. The lowest BCUT2D eigenvalue weighted by atomic mass is 10.3. The first-order valence-electron chi connectivity index (χ1n) is 5.92. The molecule has 1 heterocycles. The number of carbonyl (C=O) groups excluding carboxylic acids is 1. The molecule has 0 radical (unpaired) electrons. The Labute approximate surface area is 143 Å². The first-order valence-corrected chi connectivity index (χ1v) is 9.98. The van der Waals surface area contributed by atoms with E-state index in [9.17, 15) is 13.2 Å². The van der Waals surface area contributed by atoms with Crippen LogP contribution in [0.1, 0.15) is 16.6 Å². The summed E-state index contributed by atoms with van der Waals surface area (Å²) in [4.78, 5) is 12.9. The minimum absolute atomic E-state index is 0.0515. The number of benzene rings is 1. The Morgan fingerprint density at radius 2 is 1.86 bits per heavy atom. The van der Waals surface area contributed by atoms with E-state index < -0.39 is 9.84 Å². The van der Waals surface area contributed by atoms with Crippen LogP contribution < -0.4 is 5.32 Å². The summed E-state index contributed by atoms with van der Waals surface area (Å²) >= 11 is 7.97. The predicted molar refractivity (Wildman–Crippen MR) is 91.8 cm³/mol. The van der Waals surface area contributed by atoms with Gasteiger partial charge in [0, 0.05) is 10.2 Å². The number of thiophene rings is 1. The maximum absolute atomic E-state index is 12.1. The maximum Gasteiger partial charge on any atom is 0.265 e. The molecule has 0 unspecified atom stereocenters. The van der Waals surface area contributed by atoms with Crippen molar-refractivity contribution in [2.75, 3.05) is 11.1 Å². The van der Waals surface area contributed by atoms with Crippen molar-refractivity contribution in [1.29, 1.82) is 0 Å². The Morgan fingerprint density at radius 1 is 1.24 bits per heavy atom. The fraction of sp³-hybridized carbons (Fsp3) is 0.154. The number of rotatable bonds is 4. The van der Waals surface area contributed by atoms with Crippen LogP contribution in [0.15, 0.2) is 43.5 Å². The van der Waals surface area contributed by atoms with Crippen LogP contribution in [-0.4, -0.2) is 20.1 Å². The standard InChI is InChI=1S/C13H11Br2NO3S2/c1-2-21(18,19)9-5-3-8(4-6-9)16-13(17)11-7-10(14)12(15)20-11/h3-7H,2H2,1H3,(H,16,17). The van der Waals surface area contributed by atoms with Gasteiger partial charge in [0.05, 0.1) is 19.3 Å². The van der Waals surface area contributed by atoms with Crippen molar-refractivity contribution in [3.05, 3.63) is 43.5 Å². The third kappa shape index (κ3) is 3.94. The largest absolute Gasteiger partial charge is 0.321 e. The summed E-state index contributed by atoms with van der Waals surface area (Å²) in [5, 5.41) is 2.73. The Kier molecular flexibility index (Phi) is 5.24. The van der Waals surface area contributed by atoms with Gasteiger partial charge in [-0.25, -0.2) is 8.42 Å². The van der Waals surface area contributed by atoms with Crippen molar-refractivity contribution in [2.45, 2.75) is 11.8 Å². The molecule has 21 heavy (non-hydrogen) atoms. The highest BCUT2D eigenvalue weighted by Gasteiger charge is 2.14. The molecule has 0 bridgehead atoms. The molecular weight excluding hydrogens is 442 g/mol. The summed E-state index contributed by atoms with van der Waals surface area (Å²) in [5.74, 6) is -0.187. The average Bonchev–Trinajstić information content (AvgIpc) is 2.79. The third-order valence-corrected chi connectivity index (χ3v) is 7.73. The average molecular weight is 453 g/mol. The number of amides is 1. The first-order chi connectivity index (χ1) is 9.83. The zero-order valence-electron chi connectivity index (χ0n) is 10.9. The van der Waals surface area contributed by atoms with Crippen LogP contribution in [0.3, 0.4) is 0 Å². The number of hydrogen-bond donors (Lipinski definition) is 1. The summed E-state index contributed by atoms with van der Waals surface area (Å²) in [6.07, 6.45) is 0. The van der Waals surface area contributed by atoms with Gasteiger partial charge in [-0.1, -0.05) is 6.92 Å². The molecule has 112 valence electrons. The monoisotopic (exact) mass is 451 g/mol. The number of hydrogen-bond acceptors (Lipinski definition) is 4. The van der Waals surface area contributed by atoms with E-state index in [0.717, 1.165) is 8.26 Å². The van der Waals surface area contributed by atoms with E-state index in [2.05, 4.69) is 37.2 Å². The molecule has 0 spiro atoms. The molecule has 0 fully saturated rings. The highest BCUT2D eigenvalue weighted by Crippen LogP contribution is 2.32. The summed E-state index contributed by atoms with van der Waals surface area (Å²) in [6, 6.07) is 7.87. The van der Waals surface area contributed by atoms with Crippen LogP contribution in [0, 0.1) is 0 Å². The van der Waals surface area contributed by atoms with Gasteiger partial charge in [0.15, 0.2) is 9.84 Å². The Bertz CT molecular complexity index is 748. The normalized spacial score (nSPS) is 11.4. The molecule has 2 rings (SSSR count). The van der Waals surface area contributed by atoms with Gasteiger partial charge in [-0.2, -0.15) is 0 Å². The van der Waals surface area contributed by atoms with Gasteiger partial charge in [-0.15, -0.1) is 11.3 Å². The molecule has 0 saturated carbocycles. The topological polar surface area (TPSA) is 63.2 Å². The van der Waals surface area contributed by atoms with E-state index in [1.807, 2.05) is 0 Å². The van der Waals surface area contributed by atoms with Crippen LogP contribution in [0.5, 0.6) is 0 Å². The number of anilines is 1. The smallest absolute Gasteiger partial charge is 0.265 e. The molecule has 1 aromatic carbocycles. The lowest BCUT2D eigenvalue weighted by molar-refractivity contribution is 0.103. The first kappa shape index (κ1) is 16.7. The molecule has 0 saturated heterocycles. The van der Waals surface area contributed by atoms with Gasteiger partial charge >= 0.3 is 0 Å². The van der Waals surface area contributed by atoms with Crippen molar-refractivity contribution >= 4 is 64.6 Å². The number of carbonyl (C=O) groups is 1. The fourth-order valence-corrected chi connectivity index (χ4v) is 4.38. The summed E-state index contributed by atoms with van der Waals surface area (Å²) in [7, 11) is -3.22. The molecule has 8 heteroatoms. The van der Waals surface area contributed by atoms with E-state index >= 15 is 0 Å². The number of nitrogens with one attached hydrogen (secondary N) is 1. The highest BCUT2D eigenvalue weighted by atomic mass is 79.9. The molecule has 0 aliphatic carbocycles. The predicted octanol–water partition coefficient (Wildman–Crippen LogP) is 4.32. The van der Waals surface area contributed by atoms with Crippen LogP contribution in [0.4, 0.5) is 5.69 Å². The van der Waals surface area contributed by atoms with Crippen molar-refractivity contribution in [1.82, 2.24) is 0 Å². The van der Waals surface area contributed by atoms with Crippen molar-refractivity contribution < 1.29 is 13.2 Å². The maximum atomic E-state index is 12.1. The van der Waals surface area contributed by atoms with Crippen LogP contribution in [-0.2, 0) is 9.84 Å². The molecule has 1 amide bonds. The van der Waals surface area contributed by atoms with Gasteiger partial charge in [0.1, 0.15) is 0 Å². The molecule has 0 aliphatic rings. The van der Waals surface area contributed by atoms with E-state index in [0.29, 0.717) is 10.6 Å². The van der Waals surface area contributed by atoms with Crippen molar-refractivity contribution in [3.63, 3.8) is 0 Å². The second-order valence-corrected chi connectivity index (χ2v) is 9.62. The van der Waals surface area contributed by atoms with Crippen molar-refractivity contribution in [3.8, 4) is 0 Å². The second-order valence-electron chi connectivity index (χ2n) is 4.11. The minimum atomic E-state index is -3.22. The Hall–Kier alpha value is -0.700. The van der Waals surface area contributed by atoms with E-state index in [1.165, 1.54) is 23.5 Å². The minimum Gasteiger partial charge on any atom is -0.321 e. The fourth-order valence-electron chi connectivity index (χ4n) is 1.56. The molecule has 1 N–H and O–H groups in total. The van der Waals surface area contributed by atoms with E-state index in [1.54, 1.807) is 25.1 Å². The molecule has 1 aromatic heterocycles. The van der Waals surface area contributed by atoms with Crippen LogP contribution in [0.25, 0.3) is 0 Å². The van der Waals surface area contributed by atoms with Gasteiger partial charge in [0.25, 0.3) is 5.91 Å². The summed E-state index contributed by atoms with van der Waals surface area (Å²) in [5.41, 5.74) is 0.552. The van der Waals surface area contributed by atoms with Gasteiger partial charge < -0.3 is 5.32 Å². The van der Waals surface area contributed by atoms with Gasteiger partial charge in [-0.05, 0) is 62.2 Å². The highest BCUT2D eigenvalue weighted by molar-refractivity contribution is 9.13. The van der Waals surface area contributed by atoms with E-state index in [4.69, 9.17) is 0 Å². The quantitative estimate of drug-likeness (QED) is 0.751. The lowest BCUT2D eigenvalue weighted by Gasteiger charge is -2.05. The zero-order chi connectivity index (χ0) is 15.6. The molecule has 4 nitrogen and oxygen atoms in total.